The lowest BCUT2D eigenvalue weighted by molar-refractivity contribution is -0.135. The van der Waals surface area contributed by atoms with E-state index in [0.29, 0.717) is 19.1 Å². The van der Waals surface area contributed by atoms with Crippen molar-refractivity contribution in [2.45, 2.75) is 19.4 Å². The third-order valence-corrected chi connectivity index (χ3v) is 3.46. The lowest BCUT2D eigenvalue weighted by Crippen LogP contribution is -2.49. The van der Waals surface area contributed by atoms with Gasteiger partial charge in [0.15, 0.2) is 0 Å². The first-order valence-corrected chi connectivity index (χ1v) is 6.82. The number of hydrogen-bond acceptors (Lipinski definition) is 3. The summed E-state index contributed by atoms with van der Waals surface area (Å²) in [4.78, 5) is 13.4. The molecule has 19 heavy (non-hydrogen) atoms. The summed E-state index contributed by atoms with van der Waals surface area (Å²) in [5.41, 5.74) is 6.65. The van der Waals surface area contributed by atoms with Crippen LogP contribution in [0.4, 0.5) is 0 Å². The van der Waals surface area contributed by atoms with E-state index in [1.807, 2.05) is 6.07 Å². The zero-order chi connectivity index (χ0) is 13.7. The van der Waals surface area contributed by atoms with Crippen molar-refractivity contribution in [3.63, 3.8) is 0 Å². The number of primary amides is 1. The van der Waals surface area contributed by atoms with Gasteiger partial charge in [-0.05, 0) is 17.9 Å². The van der Waals surface area contributed by atoms with Crippen molar-refractivity contribution in [1.29, 1.82) is 0 Å². The second-order valence-corrected chi connectivity index (χ2v) is 5.32. The highest BCUT2D eigenvalue weighted by Gasteiger charge is 2.25. The van der Waals surface area contributed by atoms with Crippen LogP contribution < -0.4 is 5.73 Å². The van der Waals surface area contributed by atoms with Gasteiger partial charge in [-0.2, -0.15) is 0 Å². The van der Waals surface area contributed by atoms with E-state index in [-0.39, 0.29) is 5.91 Å². The first kappa shape index (κ1) is 14.0. The molecule has 2 rings (SSSR count). The molecule has 0 radical (unpaired) electrons. The van der Waals surface area contributed by atoms with Crippen molar-refractivity contribution in [3.05, 3.63) is 35.9 Å². The fourth-order valence-corrected chi connectivity index (χ4v) is 2.56. The standard InChI is InChI=1S/C15H22N2O2/c1-12(9-13-5-3-2-4-6-13)10-17-7-8-19-14(11-17)15(16)18/h2-6,12,14H,7-11H2,1H3,(H2,16,18)/t12-,14-/m1/s1. The number of nitrogens with two attached hydrogens (primary N) is 1. The molecule has 1 fully saturated rings. The SMILES string of the molecule is C[C@H](Cc1ccccc1)CN1CCO[C@@H](C(N)=O)C1. The maximum atomic E-state index is 11.1. The third-order valence-electron chi connectivity index (χ3n) is 3.46. The van der Waals surface area contributed by atoms with Crippen LogP contribution in [0.2, 0.25) is 0 Å². The molecule has 0 unspecified atom stereocenters. The Balaban J connectivity index is 1.82. The average molecular weight is 262 g/mol. The summed E-state index contributed by atoms with van der Waals surface area (Å²) >= 11 is 0. The summed E-state index contributed by atoms with van der Waals surface area (Å²) in [6.07, 6.45) is 0.608. The summed E-state index contributed by atoms with van der Waals surface area (Å²) in [5, 5.41) is 0. The van der Waals surface area contributed by atoms with Crippen molar-refractivity contribution in [2.75, 3.05) is 26.2 Å². The number of rotatable bonds is 5. The van der Waals surface area contributed by atoms with Gasteiger partial charge in [0.2, 0.25) is 5.91 Å². The quantitative estimate of drug-likeness (QED) is 0.863. The van der Waals surface area contributed by atoms with E-state index in [0.717, 1.165) is 19.5 Å². The highest BCUT2D eigenvalue weighted by atomic mass is 16.5. The van der Waals surface area contributed by atoms with Crippen LogP contribution in [-0.4, -0.2) is 43.2 Å². The number of benzene rings is 1. The van der Waals surface area contributed by atoms with E-state index in [1.165, 1.54) is 5.56 Å². The summed E-state index contributed by atoms with van der Waals surface area (Å²) in [5.74, 6) is 0.189. The summed E-state index contributed by atoms with van der Waals surface area (Å²) in [7, 11) is 0. The van der Waals surface area contributed by atoms with E-state index >= 15 is 0 Å². The van der Waals surface area contributed by atoms with Gasteiger partial charge in [0, 0.05) is 19.6 Å². The molecule has 1 amide bonds. The Kier molecular flexibility index (Phi) is 4.93. The number of hydrogen-bond donors (Lipinski definition) is 1. The van der Waals surface area contributed by atoms with Crippen LogP contribution in [0, 0.1) is 5.92 Å². The first-order valence-electron chi connectivity index (χ1n) is 6.82. The van der Waals surface area contributed by atoms with Crippen LogP contribution in [0.1, 0.15) is 12.5 Å². The molecule has 104 valence electrons. The number of nitrogens with zero attached hydrogens (tertiary/aromatic N) is 1. The number of carbonyl (C=O) groups is 1. The Morgan fingerprint density at radius 1 is 1.47 bits per heavy atom. The van der Waals surface area contributed by atoms with E-state index in [2.05, 4.69) is 36.1 Å². The smallest absolute Gasteiger partial charge is 0.247 e. The number of carbonyl (C=O) groups excluding carboxylic acids is 1. The molecular weight excluding hydrogens is 240 g/mol. The van der Waals surface area contributed by atoms with Gasteiger partial charge in [-0.25, -0.2) is 0 Å². The molecular formula is C15H22N2O2. The Labute approximate surface area is 114 Å². The number of morpholine rings is 1. The molecule has 0 bridgehead atoms. The van der Waals surface area contributed by atoms with Crippen molar-refractivity contribution in [3.8, 4) is 0 Å². The Morgan fingerprint density at radius 3 is 2.89 bits per heavy atom. The normalized spacial score (nSPS) is 22.1. The van der Waals surface area contributed by atoms with Crippen LogP contribution in [0.5, 0.6) is 0 Å². The van der Waals surface area contributed by atoms with Gasteiger partial charge in [0.05, 0.1) is 6.61 Å². The zero-order valence-corrected chi connectivity index (χ0v) is 11.4. The summed E-state index contributed by atoms with van der Waals surface area (Å²) < 4.78 is 5.35. The van der Waals surface area contributed by atoms with E-state index < -0.39 is 6.10 Å². The molecule has 2 N–H and O–H groups in total. The average Bonchev–Trinajstić information content (AvgIpc) is 2.40. The Hall–Kier alpha value is -1.39. The van der Waals surface area contributed by atoms with Crippen LogP contribution in [0.25, 0.3) is 0 Å². The first-order chi connectivity index (χ1) is 9.15. The maximum Gasteiger partial charge on any atom is 0.247 e. The Morgan fingerprint density at radius 2 is 2.21 bits per heavy atom. The minimum atomic E-state index is -0.447. The van der Waals surface area contributed by atoms with Crippen LogP contribution in [-0.2, 0) is 16.0 Å². The molecule has 0 aliphatic carbocycles. The largest absolute Gasteiger partial charge is 0.367 e. The molecule has 1 aliphatic heterocycles. The van der Waals surface area contributed by atoms with Crippen molar-refractivity contribution >= 4 is 5.91 Å². The molecule has 4 nitrogen and oxygen atoms in total. The molecule has 1 aromatic rings. The minimum Gasteiger partial charge on any atom is -0.367 e. The van der Waals surface area contributed by atoms with Gasteiger partial charge in [0.25, 0.3) is 0 Å². The fourth-order valence-electron chi connectivity index (χ4n) is 2.56. The predicted octanol–water partition coefficient (Wildman–Crippen LogP) is 1.05. The molecule has 0 saturated carbocycles. The topological polar surface area (TPSA) is 55.6 Å². The molecule has 1 aromatic carbocycles. The van der Waals surface area contributed by atoms with E-state index in [4.69, 9.17) is 10.5 Å². The second-order valence-electron chi connectivity index (χ2n) is 5.32. The van der Waals surface area contributed by atoms with Gasteiger partial charge in [-0.1, -0.05) is 37.3 Å². The summed E-state index contributed by atoms with van der Waals surface area (Å²) in [6, 6.07) is 10.5. The minimum absolute atomic E-state index is 0.361. The van der Waals surface area contributed by atoms with Crippen LogP contribution in [0.15, 0.2) is 30.3 Å². The Bertz CT molecular complexity index is 408. The van der Waals surface area contributed by atoms with Gasteiger partial charge in [0.1, 0.15) is 6.10 Å². The fraction of sp³-hybridized carbons (Fsp3) is 0.533. The van der Waals surface area contributed by atoms with Crippen LogP contribution in [0.3, 0.4) is 0 Å². The maximum absolute atomic E-state index is 11.1. The molecule has 1 aliphatic rings. The third kappa shape index (κ3) is 4.33. The highest BCUT2D eigenvalue weighted by Crippen LogP contribution is 2.12. The lowest BCUT2D eigenvalue weighted by atomic mass is 10.0. The predicted molar refractivity (Wildman–Crippen MR) is 74.7 cm³/mol. The van der Waals surface area contributed by atoms with Crippen molar-refractivity contribution in [1.82, 2.24) is 4.90 Å². The van der Waals surface area contributed by atoms with Crippen LogP contribution >= 0.6 is 0 Å². The molecule has 0 aromatic heterocycles. The molecule has 0 spiro atoms. The molecule has 1 saturated heterocycles. The van der Waals surface area contributed by atoms with Crippen molar-refractivity contribution < 1.29 is 9.53 Å². The molecule has 1 heterocycles. The number of ether oxygens (including phenoxy) is 1. The van der Waals surface area contributed by atoms with Gasteiger partial charge in [-0.3, -0.25) is 9.69 Å². The monoisotopic (exact) mass is 262 g/mol. The molecule has 2 atom stereocenters. The van der Waals surface area contributed by atoms with E-state index in [1.54, 1.807) is 0 Å². The zero-order valence-electron chi connectivity index (χ0n) is 11.4. The summed E-state index contributed by atoms with van der Waals surface area (Å²) in [6.45, 7) is 5.30. The van der Waals surface area contributed by atoms with Gasteiger partial charge >= 0.3 is 0 Å². The molecule has 4 heteroatoms. The van der Waals surface area contributed by atoms with Crippen molar-refractivity contribution in [2.24, 2.45) is 11.7 Å². The van der Waals surface area contributed by atoms with Gasteiger partial charge < -0.3 is 10.5 Å². The second kappa shape index (κ2) is 6.68. The highest BCUT2D eigenvalue weighted by molar-refractivity contribution is 5.79. The van der Waals surface area contributed by atoms with Gasteiger partial charge in [-0.15, -0.1) is 0 Å². The number of amides is 1. The van der Waals surface area contributed by atoms with E-state index in [9.17, 15) is 4.79 Å². The lowest BCUT2D eigenvalue weighted by Gasteiger charge is -2.33.